The van der Waals surface area contributed by atoms with Crippen LogP contribution < -0.4 is 5.32 Å². The molecule has 0 saturated heterocycles. The van der Waals surface area contributed by atoms with Crippen LogP contribution in [0.5, 0.6) is 0 Å². The lowest BCUT2D eigenvalue weighted by molar-refractivity contribution is -0.130. The molecular formula is C19H20F2N2O. The molecule has 0 heterocycles. The van der Waals surface area contributed by atoms with Gasteiger partial charge in [0.2, 0.25) is 5.91 Å². The second kappa shape index (κ2) is 6.99. The van der Waals surface area contributed by atoms with Crippen LogP contribution in [0.15, 0.2) is 42.5 Å². The van der Waals surface area contributed by atoms with E-state index in [2.05, 4.69) is 17.4 Å². The first kappa shape index (κ1) is 16.4. The van der Waals surface area contributed by atoms with Crippen LogP contribution in [0.2, 0.25) is 0 Å². The van der Waals surface area contributed by atoms with Gasteiger partial charge in [-0.1, -0.05) is 24.3 Å². The maximum Gasteiger partial charge on any atom is 0.242 e. The van der Waals surface area contributed by atoms with Crippen LogP contribution in [0.1, 0.15) is 30.0 Å². The molecule has 24 heavy (non-hydrogen) atoms. The molecule has 1 N–H and O–H groups in total. The first-order valence-electron chi connectivity index (χ1n) is 8.08. The van der Waals surface area contributed by atoms with E-state index in [4.69, 9.17) is 0 Å². The summed E-state index contributed by atoms with van der Waals surface area (Å²) in [5.74, 6) is -1.91. The standard InChI is InChI=1S/C19H20F2N2O/c1-23(18-8-4-6-13-5-2-3-7-15(13)18)19(24)12-22-14-9-10-16(20)17(21)11-14/h2-3,5,7,9-11,18,22H,4,6,8,12H2,1H3. The van der Waals surface area contributed by atoms with Gasteiger partial charge < -0.3 is 10.2 Å². The number of nitrogens with one attached hydrogen (secondary N) is 1. The van der Waals surface area contributed by atoms with Gasteiger partial charge >= 0.3 is 0 Å². The van der Waals surface area contributed by atoms with E-state index >= 15 is 0 Å². The zero-order valence-corrected chi connectivity index (χ0v) is 13.6. The monoisotopic (exact) mass is 330 g/mol. The van der Waals surface area contributed by atoms with Crippen LogP contribution in [0.3, 0.4) is 0 Å². The Morgan fingerprint density at radius 1 is 1.21 bits per heavy atom. The second-order valence-electron chi connectivity index (χ2n) is 6.09. The number of halogens is 2. The zero-order valence-electron chi connectivity index (χ0n) is 13.6. The summed E-state index contributed by atoms with van der Waals surface area (Å²) in [6.45, 7) is 0.0419. The molecule has 0 bridgehead atoms. The highest BCUT2D eigenvalue weighted by Gasteiger charge is 2.26. The minimum Gasteiger partial charge on any atom is -0.376 e. The number of hydrogen-bond acceptors (Lipinski definition) is 2. The normalized spacial score (nSPS) is 16.4. The molecule has 1 atom stereocenters. The maximum atomic E-state index is 13.2. The van der Waals surface area contributed by atoms with E-state index < -0.39 is 11.6 Å². The van der Waals surface area contributed by atoms with Crippen molar-refractivity contribution < 1.29 is 13.6 Å². The fraction of sp³-hybridized carbons (Fsp3) is 0.316. The third kappa shape index (κ3) is 3.40. The third-order valence-corrected chi connectivity index (χ3v) is 4.56. The molecule has 1 amide bonds. The molecule has 3 rings (SSSR count). The molecule has 0 aliphatic heterocycles. The van der Waals surface area contributed by atoms with Crippen molar-refractivity contribution in [2.75, 3.05) is 18.9 Å². The number of benzene rings is 2. The van der Waals surface area contributed by atoms with E-state index in [1.807, 2.05) is 12.1 Å². The molecule has 1 unspecified atom stereocenters. The Hall–Kier alpha value is -2.43. The van der Waals surface area contributed by atoms with E-state index in [9.17, 15) is 13.6 Å². The summed E-state index contributed by atoms with van der Waals surface area (Å²) < 4.78 is 26.1. The number of hydrogen-bond donors (Lipinski definition) is 1. The van der Waals surface area contributed by atoms with Crippen LogP contribution >= 0.6 is 0 Å². The van der Waals surface area contributed by atoms with Crippen LogP contribution in [-0.4, -0.2) is 24.4 Å². The Morgan fingerprint density at radius 2 is 2.00 bits per heavy atom. The average Bonchev–Trinajstić information content (AvgIpc) is 2.61. The SMILES string of the molecule is CN(C(=O)CNc1ccc(F)c(F)c1)C1CCCc2ccccc21. The lowest BCUT2D eigenvalue weighted by Gasteiger charge is -2.33. The van der Waals surface area contributed by atoms with Gasteiger partial charge in [-0.3, -0.25) is 4.79 Å². The van der Waals surface area contributed by atoms with Crippen molar-refractivity contribution in [1.29, 1.82) is 0 Å². The Bertz CT molecular complexity index is 748. The van der Waals surface area contributed by atoms with Crippen molar-refractivity contribution in [2.45, 2.75) is 25.3 Å². The first-order chi connectivity index (χ1) is 11.6. The van der Waals surface area contributed by atoms with Crippen LogP contribution in [0, 0.1) is 11.6 Å². The van der Waals surface area contributed by atoms with Crippen molar-refractivity contribution in [3.05, 3.63) is 65.2 Å². The highest BCUT2D eigenvalue weighted by molar-refractivity contribution is 5.81. The van der Waals surface area contributed by atoms with E-state index in [0.717, 1.165) is 31.4 Å². The number of rotatable bonds is 4. The lowest BCUT2D eigenvalue weighted by atomic mass is 9.87. The number of carbonyl (C=O) groups excluding carboxylic acids is 1. The number of fused-ring (bicyclic) bond motifs is 1. The van der Waals surface area contributed by atoms with Gasteiger partial charge in [-0.25, -0.2) is 8.78 Å². The highest BCUT2D eigenvalue weighted by Crippen LogP contribution is 2.33. The molecule has 1 aliphatic carbocycles. The molecule has 0 fully saturated rings. The summed E-state index contributed by atoms with van der Waals surface area (Å²) in [4.78, 5) is 14.2. The van der Waals surface area contributed by atoms with E-state index in [1.54, 1.807) is 11.9 Å². The first-order valence-corrected chi connectivity index (χ1v) is 8.08. The Kier molecular flexibility index (Phi) is 4.79. The fourth-order valence-corrected chi connectivity index (χ4v) is 3.21. The third-order valence-electron chi connectivity index (χ3n) is 4.56. The van der Waals surface area contributed by atoms with Crippen molar-refractivity contribution in [3.8, 4) is 0 Å². The van der Waals surface area contributed by atoms with Crippen molar-refractivity contribution in [1.82, 2.24) is 4.90 Å². The maximum absolute atomic E-state index is 13.2. The number of anilines is 1. The van der Waals surface area contributed by atoms with Gasteiger partial charge in [0.1, 0.15) is 0 Å². The summed E-state index contributed by atoms with van der Waals surface area (Å²) >= 11 is 0. The molecule has 5 heteroatoms. The summed E-state index contributed by atoms with van der Waals surface area (Å²) in [6, 6.07) is 11.8. The van der Waals surface area contributed by atoms with Crippen molar-refractivity contribution in [3.63, 3.8) is 0 Å². The zero-order chi connectivity index (χ0) is 17.1. The number of likely N-dealkylation sites (N-methyl/N-ethyl adjacent to an activating group) is 1. The van der Waals surface area contributed by atoms with Gasteiger partial charge in [-0.15, -0.1) is 0 Å². The molecule has 0 aromatic heterocycles. The van der Waals surface area contributed by atoms with Gasteiger partial charge in [0.05, 0.1) is 12.6 Å². The van der Waals surface area contributed by atoms with E-state index in [1.165, 1.54) is 17.2 Å². The average molecular weight is 330 g/mol. The Morgan fingerprint density at radius 3 is 2.79 bits per heavy atom. The lowest BCUT2D eigenvalue weighted by Crippen LogP contribution is -2.37. The molecule has 0 spiro atoms. The topological polar surface area (TPSA) is 32.3 Å². The number of carbonyl (C=O) groups is 1. The minimum atomic E-state index is -0.929. The van der Waals surface area contributed by atoms with Gasteiger partial charge in [0, 0.05) is 18.8 Å². The molecule has 0 saturated carbocycles. The van der Waals surface area contributed by atoms with Gasteiger partial charge in [0.15, 0.2) is 11.6 Å². The van der Waals surface area contributed by atoms with Gasteiger partial charge in [0.25, 0.3) is 0 Å². The molecule has 0 radical (unpaired) electrons. The summed E-state index contributed by atoms with van der Waals surface area (Å²) in [5.41, 5.74) is 2.88. The summed E-state index contributed by atoms with van der Waals surface area (Å²) in [5, 5.41) is 2.86. The summed E-state index contributed by atoms with van der Waals surface area (Å²) in [7, 11) is 1.79. The van der Waals surface area contributed by atoms with E-state index in [0.29, 0.717) is 5.69 Å². The molecule has 126 valence electrons. The second-order valence-corrected chi connectivity index (χ2v) is 6.09. The predicted molar refractivity (Wildman–Crippen MR) is 89.7 cm³/mol. The van der Waals surface area contributed by atoms with Gasteiger partial charge in [-0.05, 0) is 42.5 Å². The molecule has 3 nitrogen and oxygen atoms in total. The van der Waals surface area contributed by atoms with E-state index in [-0.39, 0.29) is 18.5 Å². The van der Waals surface area contributed by atoms with Crippen LogP contribution in [-0.2, 0) is 11.2 Å². The Balaban J connectivity index is 1.66. The van der Waals surface area contributed by atoms with Crippen molar-refractivity contribution >= 4 is 11.6 Å². The predicted octanol–water partition coefficient (Wildman–Crippen LogP) is 3.91. The van der Waals surface area contributed by atoms with Crippen LogP contribution in [0.4, 0.5) is 14.5 Å². The smallest absolute Gasteiger partial charge is 0.242 e. The fourth-order valence-electron chi connectivity index (χ4n) is 3.21. The van der Waals surface area contributed by atoms with Crippen molar-refractivity contribution in [2.24, 2.45) is 0 Å². The molecular weight excluding hydrogens is 310 g/mol. The quantitative estimate of drug-likeness (QED) is 0.922. The minimum absolute atomic E-state index is 0.0419. The largest absolute Gasteiger partial charge is 0.376 e. The highest BCUT2D eigenvalue weighted by atomic mass is 19.2. The Labute approximate surface area is 140 Å². The number of nitrogens with zero attached hydrogens (tertiary/aromatic N) is 1. The van der Waals surface area contributed by atoms with Gasteiger partial charge in [-0.2, -0.15) is 0 Å². The number of aryl methyl sites for hydroxylation is 1. The summed E-state index contributed by atoms with van der Waals surface area (Å²) in [6.07, 6.45) is 3.03. The molecule has 2 aromatic rings. The van der Waals surface area contributed by atoms with Crippen LogP contribution in [0.25, 0.3) is 0 Å². The number of amides is 1. The molecule has 1 aliphatic rings. The molecule has 2 aromatic carbocycles.